The predicted octanol–water partition coefficient (Wildman–Crippen LogP) is 3.82. The average molecular weight is 257 g/mol. The SMILES string of the molecule is Cc1cc(C2CCN(C)CC2)cc(C(F)(F)F)c1. The molecule has 4 heteroatoms. The van der Waals surface area contributed by atoms with Crippen molar-refractivity contribution in [2.75, 3.05) is 20.1 Å². The molecule has 18 heavy (non-hydrogen) atoms. The van der Waals surface area contributed by atoms with Gasteiger partial charge in [0.05, 0.1) is 5.56 Å². The van der Waals surface area contributed by atoms with E-state index in [9.17, 15) is 13.2 Å². The summed E-state index contributed by atoms with van der Waals surface area (Å²) in [6.07, 6.45) is -2.36. The number of halogens is 3. The first-order valence-corrected chi connectivity index (χ1v) is 6.23. The van der Waals surface area contributed by atoms with Crippen LogP contribution in [0.3, 0.4) is 0 Å². The molecular weight excluding hydrogens is 239 g/mol. The molecule has 1 aliphatic rings. The normalized spacial score (nSPS) is 19.2. The Kier molecular flexibility index (Phi) is 3.66. The van der Waals surface area contributed by atoms with Crippen LogP contribution < -0.4 is 0 Å². The van der Waals surface area contributed by atoms with Crippen LogP contribution in [0.4, 0.5) is 13.2 Å². The largest absolute Gasteiger partial charge is 0.416 e. The van der Waals surface area contributed by atoms with Gasteiger partial charge in [0.1, 0.15) is 0 Å². The van der Waals surface area contributed by atoms with Gasteiger partial charge >= 0.3 is 6.18 Å². The standard InChI is InChI=1S/C14H18F3N/c1-10-7-12(9-13(8-10)14(15,16)17)11-3-5-18(2)6-4-11/h7-9,11H,3-6H2,1-2H3. The van der Waals surface area contributed by atoms with Crippen molar-refractivity contribution in [2.24, 2.45) is 0 Å². The van der Waals surface area contributed by atoms with Crippen LogP contribution in [0.5, 0.6) is 0 Å². The van der Waals surface area contributed by atoms with Gasteiger partial charge in [-0.15, -0.1) is 0 Å². The Balaban J connectivity index is 2.25. The van der Waals surface area contributed by atoms with Crippen LogP contribution in [0.25, 0.3) is 0 Å². The Labute approximate surface area is 106 Å². The molecule has 0 aliphatic carbocycles. The molecule has 0 bridgehead atoms. The van der Waals surface area contributed by atoms with E-state index < -0.39 is 11.7 Å². The quantitative estimate of drug-likeness (QED) is 0.739. The monoisotopic (exact) mass is 257 g/mol. The van der Waals surface area contributed by atoms with E-state index in [0.717, 1.165) is 31.5 Å². The van der Waals surface area contributed by atoms with E-state index in [-0.39, 0.29) is 5.92 Å². The van der Waals surface area contributed by atoms with Crippen LogP contribution >= 0.6 is 0 Å². The summed E-state index contributed by atoms with van der Waals surface area (Å²) in [6, 6.07) is 4.44. The van der Waals surface area contributed by atoms with Gasteiger partial charge in [0, 0.05) is 0 Å². The molecule has 1 heterocycles. The minimum absolute atomic E-state index is 0.266. The summed E-state index contributed by atoms with van der Waals surface area (Å²) >= 11 is 0. The Bertz CT molecular complexity index is 418. The molecule has 1 aliphatic heterocycles. The Morgan fingerprint density at radius 1 is 1.11 bits per heavy atom. The molecule has 1 aromatic carbocycles. The molecule has 0 radical (unpaired) electrons. The van der Waals surface area contributed by atoms with Gasteiger partial charge in [0.25, 0.3) is 0 Å². The fraction of sp³-hybridized carbons (Fsp3) is 0.571. The lowest BCUT2D eigenvalue weighted by molar-refractivity contribution is -0.137. The van der Waals surface area contributed by atoms with E-state index in [4.69, 9.17) is 0 Å². The summed E-state index contributed by atoms with van der Waals surface area (Å²) < 4.78 is 38.3. The summed E-state index contributed by atoms with van der Waals surface area (Å²) in [5, 5.41) is 0. The lowest BCUT2D eigenvalue weighted by Crippen LogP contribution is -2.29. The average Bonchev–Trinajstić information content (AvgIpc) is 2.28. The maximum atomic E-state index is 12.8. The van der Waals surface area contributed by atoms with E-state index in [2.05, 4.69) is 4.90 Å². The van der Waals surface area contributed by atoms with Crippen LogP contribution in [0, 0.1) is 6.92 Å². The molecule has 1 aromatic rings. The third kappa shape index (κ3) is 3.05. The van der Waals surface area contributed by atoms with Crippen molar-refractivity contribution in [3.05, 3.63) is 34.9 Å². The molecule has 0 spiro atoms. The van der Waals surface area contributed by atoms with E-state index in [1.54, 1.807) is 6.92 Å². The zero-order chi connectivity index (χ0) is 13.3. The molecule has 1 fully saturated rings. The molecule has 0 amide bonds. The first-order chi connectivity index (χ1) is 8.36. The van der Waals surface area contributed by atoms with Crippen molar-refractivity contribution in [3.63, 3.8) is 0 Å². The summed E-state index contributed by atoms with van der Waals surface area (Å²) in [4.78, 5) is 2.22. The highest BCUT2D eigenvalue weighted by molar-refractivity contribution is 5.33. The van der Waals surface area contributed by atoms with Crippen LogP contribution in [-0.2, 0) is 6.18 Å². The maximum Gasteiger partial charge on any atom is 0.416 e. The second-order valence-electron chi connectivity index (χ2n) is 5.21. The second-order valence-corrected chi connectivity index (χ2v) is 5.21. The van der Waals surface area contributed by atoms with Gasteiger partial charge in [0.15, 0.2) is 0 Å². The van der Waals surface area contributed by atoms with Crippen LogP contribution in [0.15, 0.2) is 18.2 Å². The Morgan fingerprint density at radius 2 is 1.72 bits per heavy atom. The molecule has 0 saturated carbocycles. The van der Waals surface area contributed by atoms with Gasteiger partial charge in [-0.25, -0.2) is 0 Å². The highest BCUT2D eigenvalue weighted by Crippen LogP contribution is 2.34. The third-order valence-electron chi connectivity index (χ3n) is 3.62. The van der Waals surface area contributed by atoms with E-state index in [0.29, 0.717) is 5.56 Å². The van der Waals surface area contributed by atoms with Crippen LogP contribution in [-0.4, -0.2) is 25.0 Å². The number of aryl methyl sites for hydroxylation is 1. The number of rotatable bonds is 1. The van der Waals surface area contributed by atoms with Gasteiger partial charge in [0.2, 0.25) is 0 Å². The fourth-order valence-corrected chi connectivity index (χ4v) is 2.55. The fourth-order valence-electron chi connectivity index (χ4n) is 2.55. The molecule has 0 unspecified atom stereocenters. The van der Waals surface area contributed by atoms with Gasteiger partial charge < -0.3 is 4.90 Å². The van der Waals surface area contributed by atoms with Crippen molar-refractivity contribution in [1.82, 2.24) is 4.90 Å². The molecule has 0 atom stereocenters. The number of nitrogens with zero attached hydrogens (tertiary/aromatic N) is 1. The van der Waals surface area contributed by atoms with E-state index >= 15 is 0 Å². The summed E-state index contributed by atoms with van der Waals surface area (Å²) in [7, 11) is 2.05. The molecular formula is C14H18F3N. The van der Waals surface area contributed by atoms with Crippen LogP contribution in [0.2, 0.25) is 0 Å². The van der Waals surface area contributed by atoms with Gasteiger partial charge in [-0.2, -0.15) is 13.2 Å². The number of likely N-dealkylation sites (tertiary alicyclic amines) is 1. The first kappa shape index (κ1) is 13.4. The highest BCUT2D eigenvalue weighted by atomic mass is 19.4. The van der Waals surface area contributed by atoms with Crippen molar-refractivity contribution in [3.8, 4) is 0 Å². The molecule has 0 N–H and O–H groups in total. The molecule has 1 nitrogen and oxygen atoms in total. The zero-order valence-corrected chi connectivity index (χ0v) is 10.7. The minimum atomic E-state index is -4.24. The molecule has 0 aromatic heterocycles. The maximum absolute atomic E-state index is 12.8. The van der Waals surface area contributed by atoms with Gasteiger partial charge in [-0.1, -0.05) is 11.6 Å². The topological polar surface area (TPSA) is 3.24 Å². The van der Waals surface area contributed by atoms with Gasteiger partial charge in [-0.3, -0.25) is 0 Å². The molecule has 1 saturated heterocycles. The smallest absolute Gasteiger partial charge is 0.306 e. The summed E-state index contributed by atoms with van der Waals surface area (Å²) in [6.45, 7) is 3.65. The number of hydrogen-bond acceptors (Lipinski definition) is 1. The summed E-state index contributed by atoms with van der Waals surface area (Å²) in [5.74, 6) is 0.266. The summed E-state index contributed by atoms with van der Waals surface area (Å²) in [5.41, 5.74) is 1.02. The van der Waals surface area contributed by atoms with Crippen molar-refractivity contribution in [2.45, 2.75) is 31.9 Å². The lowest BCUT2D eigenvalue weighted by atomic mass is 9.87. The van der Waals surface area contributed by atoms with Crippen LogP contribution in [0.1, 0.15) is 35.4 Å². The van der Waals surface area contributed by atoms with E-state index in [1.165, 1.54) is 12.1 Å². The van der Waals surface area contributed by atoms with Crippen molar-refractivity contribution in [1.29, 1.82) is 0 Å². The lowest BCUT2D eigenvalue weighted by Gasteiger charge is -2.29. The van der Waals surface area contributed by atoms with Gasteiger partial charge in [-0.05, 0) is 63.5 Å². The number of alkyl halides is 3. The first-order valence-electron chi connectivity index (χ1n) is 6.23. The Morgan fingerprint density at radius 3 is 2.28 bits per heavy atom. The van der Waals surface area contributed by atoms with Crippen molar-refractivity contribution >= 4 is 0 Å². The second kappa shape index (κ2) is 4.92. The zero-order valence-electron chi connectivity index (χ0n) is 10.7. The van der Waals surface area contributed by atoms with Crippen molar-refractivity contribution < 1.29 is 13.2 Å². The molecule has 2 rings (SSSR count). The predicted molar refractivity (Wildman–Crippen MR) is 65.7 cm³/mol. The molecule has 100 valence electrons. The number of hydrogen-bond donors (Lipinski definition) is 0. The number of piperidine rings is 1. The highest BCUT2D eigenvalue weighted by Gasteiger charge is 2.31. The van der Waals surface area contributed by atoms with E-state index in [1.807, 2.05) is 13.1 Å². The minimum Gasteiger partial charge on any atom is -0.306 e. The number of benzene rings is 1. The Hall–Kier alpha value is -1.03. The third-order valence-corrected chi connectivity index (χ3v) is 3.62.